The van der Waals surface area contributed by atoms with Crippen molar-refractivity contribution >= 4 is 21.8 Å². The lowest BCUT2D eigenvalue weighted by Gasteiger charge is -2.12. The van der Waals surface area contributed by atoms with E-state index >= 15 is 0 Å². The Kier molecular flexibility index (Phi) is 8.04. The summed E-state index contributed by atoms with van der Waals surface area (Å²) in [6.45, 7) is 0. The molecule has 0 aliphatic heterocycles. The summed E-state index contributed by atoms with van der Waals surface area (Å²) in [5.41, 5.74) is 13.2. The Bertz CT molecular complexity index is 2830. The van der Waals surface area contributed by atoms with Gasteiger partial charge in [0.05, 0.1) is 45.2 Å². The molecular weight excluding hydrogens is 673 g/mol. The third-order valence-electron chi connectivity index (χ3n) is 9.94. The maximum atomic E-state index is 5.08. The van der Waals surface area contributed by atoms with E-state index in [2.05, 4.69) is 113 Å². The Morgan fingerprint density at radius 2 is 0.891 bits per heavy atom. The second kappa shape index (κ2) is 13.8. The molecule has 6 nitrogen and oxygen atoms in total. The predicted molar refractivity (Wildman–Crippen MR) is 222 cm³/mol. The molecule has 0 N–H and O–H groups in total. The summed E-state index contributed by atoms with van der Waals surface area (Å²) in [5.74, 6) is 0.654. The zero-order valence-electron chi connectivity index (χ0n) is 29.7. The van der Waals surface area contributed by atoms with Gasteiger partial charge in [0.25, 0.3) is 0 Å². The van der Waals surface area contributed by atoms with Crippen LogP contribution in [0, 0.1) is 0 Å². The minimum atomic E-state index is 0.654. The Labute approximate surface area is 318 Å². The molecule has 10 aromatic rings. The molecule has 0 spiro atoms. The summed E-state index contributed by atoms with van der Waals surface area (Å²) in [7, 11) is 0. The monoisotopic (exact) mass is 704 g/mol. The molecule has 5 heterocycles. The van der Waals surface area contributed by atoms with Crippen LogP contribution in [-0.4, -0.2) is 29.5 Å². The van der Waals surface area contributed by atoms with Crippen molar-refractivity contribution in [2.45, 2.75) is 0 Å². The van der Waals surface area contributed by atoms with Crippen LogP contribution >= 0.6 is 0 Å². The summed E-state index contributed by atoms with van der Waals surface area (Å²) in [5, 5.41) is 2.48. The maximum absolute atomic E-state index is 5.08. The van der Waals surface area contributed by atoms with Gasteiger partial charge in [0.1, 0.15) is 0 Å². The SMILES string of the molecule is c1ccc(-c2cc(-c3ccccn3)nc(-c3ccc(-c4cc(-c5ccc(-n6c7ccccc7c7ccccc76)cc5)nc(-c5ccccc5)n4)cn3)c2)cc1. The van der Waals surface area contributed by atoms with Crippen LogP contribution in [0.15, 0.2) is 194 Å². The Balaban J connectivity index is 1.04. The van der Waals surface area contributed by atoms with Crippen molar-refractivity contribution in [1.82, 2.24) is 29.5 Å². The molecule has 0 saturated heterocycles. The lowest BCUT2D eigenvalue weighted by Crippen LogP contribution is -1.98. The number of nitrogens with zero attached hydrogens (tertiary/aromatic N) is 6. The highest BCUT2D eigenvalue weighted by atomic mass is 15.0. The molecule has 5 aromatic heterocycles. The second-order valence-corrected chi connectivity index (χ2v) is 13.4. The number of fused-ring (bicyclic) bond motifs is 3. The number of benzene rings is 5. The maximum Gasteiger partial charge on any atom is 0.160 e. The van der Waals surface area contributed by atoms with Crippen molar-refractivity contribution in [3.8, 4) is 73.5 Å². The van der Waals surface area contributed by atoms with Gasteiger partial charge in [-0.05, 0) is 77.9 Å². The third-order valence-corrected chi connectivity index (χ3v) is 9.94. The van der Waals surface area contributed by atoms with Crippen molar-refractivity contribution in [2.75, 3.05) is 0 Å². The first kappa shape index (κ1) is 32.1. The van der Waals surface area contributed by atoms with E-state index in [0.717, 1.165) is 67.7 Å². The summed E-state index contributed by atoms with van der Waals surface area (Å²) < 4.78 is 2.33. The highest BCUT2D eigenvalue weighted by molar-refractivity contribution is 6.09. The van der Waals surface area contributed by atoms with Crippen LogP contribution in [0.25, 0.3) is 95.3 Å². The van der Waals surface area contributed by atoms with Crippen molar-refractivity contribution in [1.29, 1.82) is 0 Å². The Morgan fingerprint density at radius 1 is 0.327 bits per heavy atom. The molecule has 0 fully saturated rings. The van der Waals surface area contributed by atoms with Crippen LogP contribution in [0.4, 0.5) is 0 Å². The van der Waals surface area contributed by atoms with E-state index in [1.54, 1.807) is 6.20 Å². The van der Waals surface area contributed by atoms with Crippen LogP contribution in [0.5, 0.6) is 0 Å². The van der Waals surface area contributed by atoms with Gasteiger partial charge in [0, 0.05) is 45.5 Å². The van der Waals surface area contributed by atoms with Crippen LogP contribution in [0.1, 0.15) is 0 Å². The van der Waals surface area contributed by atoms with Crippen LogP contribution in [0.3, 0.4) is 0 Å². The first-order valence-corrected chi connectivity index (χ1v) is 18.2. The van der Waals surface area contributed by atoms with Gasteiger partial charge in [-0.2, -0.15) is 0 Å². The number of rotatable bonds is 7. The van der Waals surface area contributed by atoms with E-state index in [1.165, 1.54) is 21.8 Å². The lowest BCUT2D eigenvalue weighted by atomic mass is 10.0. The zero-order valence-corrected chi connectivity index (χ0v) is 29.7. The molecule has 0 atom stereocenters. The van der Waals surface area contributed by atoms with Crippen LogP contribution in [0.2, 0.25) is 0 Å². The van der Waals surface area contributed by atoms with E-state index in [9.17, 15) is 0 Å². The largest absolute Gasteiger partial charge is 0.309 e. The van der Waals surface area contributed by atoms with Crippen LogP contribution in [-0.2, 0) is 0 Å². The van der Waals surface area contributed by atoms with Crippen molar-refractivity contribution in [3.63, 3.8) is 0 Å². The highest BCUT2D eigenvalue weighted by Crippen LogP contribution is 2.34. The normalized spacial score (nSPS) is 11.3. The molecule has 0 amide bonds. The van der Waals surface area contributed by atoms with Gasteiger partial charge in [0.2, 0.25) is 0 Å². The number of hydrogen-bond acceptors (Lipinski definition) is 5. The molecule has 10 rings (SSSR count). The molecule has 0 aliphatic rings. The number of pyridine rings is 3. The highest BCUT2D eigenvalue weighted by Gasteiger charge is 2.15. The van der Waals surface area contributed by atoms with E-state index in [0.29, 0.717) is 5.82 Å². The van der Waals surface area contributed by atoms with Crippen LogP contribution < -0.4 is 0 Å². The summed E-state index contributed by atoms with van der Waals surface area (Å²) in [4.78, 5) is 24.7. The fourth-order valence-corrected chi connectivity index (χ4v) is 7.24. The molecule has 55 heavy (non-hydrogen) atoms. The minimum absolute atomic E-state index is 0.654. The molecule has 0 radical (unpaired) electrons. The molecule has 5 aromatic carbocycles. The zero-order chi connectivity index (χ0) is 36.6. The van der Waals surface area contributed by atoms with Crippen molar-refractivity contribution < 1.29 is 0 Å². The molecule has 6 heteroatoms. The smallest absolute Gasteiger partial charge is 0.160 e. The van der Waals surface area contributed by atoms with Gasteiger partial charge >= 0.3 is 0 Å². The molecule has 0 aliphatic carbocycles. The van der Waals surface area contributed by atoms with E-state index < -0.39 is 0 Å². The van der Waals surface area contributed by atoms with Gasteiger partial charge in [-0.1, -0.05) is 115 Å². The fraction of sp³-hybridized carbons (Fsp3) is 0. The standard InChI is InChI=1S/C49H32N6/c1-3-13-33(14-4-1)37-29-45(41-19-11-12-28-50-41)52-46(30-37)42-27-24-36(32-51-42)44-31-43(53-49(54-44)35-15-5-2-6-16-35)34-22-25-38(26-23-34)55-47-20-9-7-17-39(47)40-18-8-10-21-48(40)55/h1-32H. The quantitative estimate of drug-likeness (QED) is 0.165. The predicted octanol–water partition coefficient (Wildman–Crippen LogP) is 11.8. The second-order valence-electron chi connectivity index (χ2n) is 13.4. The third kappa shape index (κ3) is 6.11. The minimum Gasteiger partial charge on any atom is -0.309 e. The molecule has 0 bridgehead atoms. The first-order valence-electron chi connectivity index (χ1n) is 18.2. The van der Waals surface area contributed by atoms with E-state index in [4.69, 9.17) is 19.9 Å². The molecule has 258 valence electrons. The average Bonchev–Trinajstić information content (AvgIpc) is 3.61. The number of hydrogen-bond donors (Lipinski definition) is 0. The van der Waals surface area contributed by atoms with Gasteiger partial charge in [-0.25, -0.2) is 15.0 Å². The summed E-state index contributed by atoms with van der Waals surface area (Å²) in [6, 6.07) is 62.4. The topological polar surface area (TPSA) is 69.4 Å². The van der Waals surface area contributed by atoms with Crippen molar-refractivity contribution in [2.24, 2.45) is 0 Å². The van der Waals surface area contributed by atoms with Crippen molar-refractivity contribution in [3.05, 3.63) is 194 Å². The molecule has 0 unspecified atom stereocenters. The molecular formula is C49H32N6. The van der Waals surface area contributed by atoms with E-state index in [1.807, 2.05) is 85.1 Å². The van der Waals surface area contributed by atoms with Gasteiger partial charge in [-0.3, -0.25) is 9.97 Å². The first-order chi connectivity index (χ1) is 27.2. The Hall–Kier alpha value is -7.57. The number of para-hydroxylation sites is 2. The fourth-order valence-electron chi connectivity index (χ4n) is 7.24. The average molecular weight is 705 g/mol. The lowest BCUT2D eigenvalue weighted by molar-refractivity contribution is 1.16. The Morgan fingerprint density at radius 3 is 1.51 bits per heavy atom. The van der Waals surface area contributed by atoms with Gasteiger partial charge in [-0.15, -0.1) is 0 Å². The molecule has 0 saturated carbocycles. The van der Waals surface area contributed by atoms with Gasteiger partial charge < -0.3 is 4.57 Å². The van der Waals surface area contributed by atoms with E-state index in [-0.39, 0.29) is 0 Å². The number of aromatic nitrogens is 6. The summed E-state index contributed by atoms with van der Waals surface area (Å²) >= 11 is 0. The summed E-state index contributed by atoms with van der Waals surface area (Å²) in [6.07, 6.45) is 3.66. The van der Waals surface area contributed by atoms with Gasteiger partial charge in [0.15, 0.2) is 5.82 Å².